The van der Waals surface area contributed by atoms with Gasteiger partial charge >= 0.3 is 0 Å². The highest BCUT2D eigenvalue weighted by Gasteiger charge is 2.49. The molecule has 0 radical (unpaired) electrons. The number of hydrogen-bond donors (Lipinski definition) is 0. The fraction of sp³-hybridized carbons (Fsp3) is 0.500. The molecule has 0 aliphatic rings. The summed E-state index contributed by atoms with van der Waals surface area (Å²) in [4.78, 5) is 0. The molecule has 3 heteroatoms. The molecule has 0 unspecified atom stereocenters. The maximum atomic E-state index is 6.93. The number of unbranched alkanes of at least 4 members (excludes halogenated alkanes) is 5. The second-order valence-electron chi connectivity index (χ2n) is 8.32. The predicted molar refractivity (Wildman–Crippen MR) is 125 cm³/mol. The highest BCUT2D eigenvalue weighted by atomic mass is 79.9. The average molecular weight is 448 g/mol. The lowest BCUT2D eigenvalue weighted by atomic mass is 10.1. The van der Waals surface area contributed by atoms with Gasteiger partial charge in [0.05, 0.1) is 0 Å². The summed E-state index contributed by atoms with van der Waals surface area (Å²) in [6, 6.07) is 21.9. The molecule has 0 bridgehead atoms. The maximum Gasteiger partial charge on any atom is 0.261 e. The van der Waals surface area contributed by atoms with Gasteiger partial charge in [-0.05, 0) is 28.3 Å². The van der Waals surface area contributed by atoms with Crippen LogP contribution in [0.15, 0.2) is 60.7 Å². The van der Waals surface area contributed by atoms with E-state index < -0.39 is 8.32 Å². The number of halogens is 1. The summed E-state index contributed by atoms with van der Waals surface area (Å²) in [5, 5.41) is 3.96. The summed E-state index contributed by atoms with van der Waals surface area (Å²) in [6.07, 6.45) is 7.70. The summed E-state index contributed by atoms with van der Waals surface area (Å²) >= 11 is 3.51. The van der Waals surface area contributed by atoms with Crippen LogP contribution in [0.2, 0.25) is 5.04 Å². The van der Waals surface area contributed by atoms with E-state index in [-0.39, 0.29) is 5.04 Å². The fourth-order valence-corrected chi connectivity index (χ4v) is 8.89. The molecule has 2 rings (SSSR count). The zero-order valence-corrected chi connectivity index (χ0v) is 19.8. The van der Waals surface area contributed by atoms with Gasteiger partial charge in [-0.3, -0.25) is 0 Å². The van der Waals surface area contributed by atoms with Crippen LogP contribution in [0.5, 0.6) is 0 Å². The molecule has 1 nitrogen and oxygen atoms in total. The monoisotopic (exact) mass is 446 g/mol. The molecule has 0 atom stereocenters. The van der Waals surface area contributed by atoms with Gasteiger partial charge < -0.3 is 4.43 Å². The maximum absolute atomic E-state index is 6.93. The Morgan fingerprint density at radius 3 is 1.59 bits per heavy atom. The van der Waals surface area contributed by atoms with Gasteiger partial charge in [0.25, 0.3) is 8.32 Å². The van der Waals surface area contributed by atoms with Crippen LogP contribution in [-0.2, 0) is 4.43 Å². The van der Waals surface area contributed by atoms with Crippen molar-refractivity contribution < 1.29 is 4.43 Å². The fourth-order valence-electron chi connectivity index (χ4n) is 3.89. The topological polar surface area (TPSA) is 9.23 Å². The summed E-state index contributed by atoms with van der Waals surface area (Å²) in [7, 11) is -2.34. The largest absolute Gasteiger partial charge is 0.407 e. The third-order valence-electron chi connectivity index (χ3n) is 5.26. The molecule has 2 aromatic carbocycles. The summed E-state index contributed by atoms with van der Waals surface area (Å²) in [5.74, 6) is 0. The van der Waals surface area contributed by atoms with Gasteiger partial charge in [0, 0.05) is 11.9 Å². The Labute approximate surface area is 175 Å². The van der Waals surface area contributed by atoms with Crippen molar-refractivity contribution >= 4 is 34.6 Å². The van der Waals surface area contributed by atoms with Crippen LogP contribution in [0, 0.1) is 0 Å². The molecule has 0 amide bonds. The summed E-state index contributed by atoms with van der Waals surface area (Å²) < 4.78 is 6.93. The van der Waals surface area contributed by atoms with E-state index in [9.17, 15) is 0 Å². The predicted octanol–water partition coefficient (Wildman–Crippen LogP) is 6.30. The molecule has 0 fully saturated rings. The second-order valence-corrected chi connectivity index (χ2v) is 13.4. The highest BCUT2D eigenvalue weighted by Crippen LogP contribution is 2.36. The number of alkyl halides is 1. The van der Waals surface area contributed by atoms with Crippen LogP contribution in [-0.4, -0.2) is 20.3 Å². The van der Waals surface area contributed by atoms with E-state index in [2.05, 4.69) is 97.4 Å². The molecule has 27 heavy (non-hydrogen) atoms. The number of hydrogen-bond acceptors (Lipinski definition) is 1. The molecule has 0 saturated heterocycles. The van der Waals surface area contributed by atoms with Gasteiger partial charge in [0.15, 0.2) is 0 Å². The van der Waals surface area contributed by atoms with Crippen molar-refractivity contribution in [2.75, 3.05) is 11.9 Å². The summed E-state index contributed by atoms with van der Waals surface area (Å²) in [6.45, 7) is 7.89. The van der Waals surface area contributed by atoms with Crippen LogP contribution in [0.4, 0.5) is 0 Å². The van der Waals surface area contributed by atoms with Gasteiger partial charge in [0.1, 0.15) is 0 Å². The zero-order valence-electron chi connectivity index (χ0n) is 17.2. The first-order valence-electron chi connectivity index (χ1n) is 10.3. The van der Waals surface area contributed by atoms with Crippen molar-refractivity contribution in [3.63, 3.8) is 0 Å². The van der Waals surface area contributed by atoms with Gasteiger partial charge in [-0.15, -0.1) is 0 Å². The molecule has 2 aromatic rings. The molecular formula is C24H35BrOSi. The third kappa shape index (κ3) is 6.04. The van der Waals surface area contributed by atoms with Crippen molar-refractivity contribution in [2.24, 2.45) is 0 Å². The van der Waals surface area contributed by atoms with Crippen molar-refractivity contribution in [3.05, 3.63) is 60.7 Å². The molecular weight excluding hydrogens is 412 g/mol. The Morgan fingerprint density at radius 1 is 0.704 bits per heavy atom. The van der Waals surface area contributed by atoms with Crippen LogP contribution in [0.3, 0.4) is 0 Å². The van der Waals surface area contributed by atoms with E-state index in [0.29, 0.717) is 0 Å². The minimum Gasteiger partial charge on any atom is -0.407 e. The van der Waals surface area contributed by atoms with E-state index in [0.717, 1.165) is 18.4 Å². The van der Waals surface area contributed by atoms with E-state index >= 15 is 0 Å². The van der Waals surface area contributed by atoms with E-state index in [1.54, 1.807) is 0 Å². The number of benzene rings is 2. The van der Waals surface area contributed by atoms with Crippen molar-refractivity contribution in [3.8, 4) is 0 Å². The molecule has 0 spiro atoms. The molecule has 0 N–H and O–H groups in total. The Bertz CT molecular complexity index is 597. The van der Waals surface area contributed by atoms with Crippen LogP contribution in [0.25, 0.3) is 0 Å². The normalized spacial score (nSPS) is 12.3. The van der Waals surface area contributed by atoms with Crippen molar-refractivity contribution in [1.29, 1.82) is 0 Å². The van der Waals surface area contributed by atoms with Crippen LogP contribution < -0.4 is 10.4 Å². The van der Waals surface area contributed by atoms with Gasteiger partial charge in [-0.25, -0.2) is 0 Å². The number of rotatable bonds is 11. The molecule has 0 saturated carbocycles. The van der Waals surface area contributed by atoms with Crippen LogP contribution >= 0.6 is 15.9 Å². The lowest BCUT2D eigenvalue weighted by Crippen LogP contribution is -2.66. The van der Waals surface area contributed by atoms with E-state index in [1.165, 1.54) is 42.5 Å². The van der Waals surface area contributed by atoms with Crippen molar-refractivity contribution in [1.82, 2.24) is 0 Å². The standard InChI is InChI=1S/C24H35BrOSi/c1-24(2,3)27(22-16-10-8-11-17-22,23-18-12-9-13-19-23)26-21-15-7-5-4-6-14-20-25/h8-13,16-19H,4-7,14-15,20-21H2,1-3H3. The Balaban J connectivity index is 2.15. The first kappa shape index (κ1) is 22.4. The molecule has 0 aliphatic heterocycles. The first-order valence-corrected chi connectivity index (χ1v) is 13.4. The molecule has 0 aromatic heterocycles. The lowest BCUT2D eigenvalue weighted by Gasteiger charge is -2.43. The minimum atomic E-state index is -2.34. The molecule has 0 aliphatic carbocycles. The third-order valence-corrected chi connectivity index (χ3v) is 10.9. The molecule has 0 heterocycles. The van der Waals surface area contributed by atoms with Crippen molar-refractivity contribution in [2.45, 2.75) is 64.3 Å². The molecule has 148 valence electrons. The lowest BCUT2D eigenvalue weighted by molar-refractivity contribution is 0.286. The van der Waals surface area contributed by atoms with E-state index in [4.69, 9.17) is 4.43 Å². The van der Waals surface area contributed by atoms with Gasteiger partial charge in [0.2, 0.25) is 0 Å². The second kappa shape index (κ2) is 11.2. The quantitative estimate of drug-likeness (QED) is 0.223. The average Bonchev–Trinajstić information content (AvgIpc) is 2.67. The van der Waals surface area contributed by atoms with Gasteiger partial charge in [-0.1, -0.05) is 123 Å². The van der Waals surface area contributed by atoms with Gasteiger partial charge in [-0.2, -0.15) is 0 Å². The van der Waals surface area contributed by atoms with Crippen LogP contribution in [0.1, 0.15) is 59.3 Å². The zero-order chi connectivity index (χ0) is 19.6. The van der Waals surface area contributed by atoms with E-state index in [1.807, 2.05) is 0 Å². The SMILES string of the molecule is CC(C)(C)[Si](OCCCCCCCCBr)(c1ccccc1)c1ccccc1. The Hall–Kier alpha value is -0.903. The summed E-state index contributed by atoms with van der Waals surface area (Å²) in [5.41, 5.74) is 0. The first-order chi connectivity index (χ1) is 13.0. The Morgan fingerprint density at radius 2 is 1.15 bits per heavy atom. The highest BCUT2D eigenvalue weighted by molar-refractivity contribution is 9.09. The minimum absolute atomic E-state index is 0.0750. The Kier molecular flexibility index (Phi) is 9.27. The smallest absolute Gasteiger partial charge is 0.261 e.